The summed E-state index contributed by atoms with van der Waals surface area (Å²) in [6.07, 6.45) is 0.514. The standard InChI is InChI=1S/C34H33NO4S/c1-25(36)40-31-22-32(33(37)39-24-26-18-20-30(38-2)21-19-26)35(23-31)34(27-12-6-3-7-13-27,28-14-8-4-9-15-28)29-16-10-5-11-17-29/h3-21,31-32H,22-24H2,1-2H3/t31-,32-/m0/s1. The molecule has 4 aromatic carbocycles. The smallest absolute Gasteiger partial charge is 0.323 e. The van der Waals surface area contributed by atoms with Crippen molar-refractivity contribution in [1.29, 1.82) is 0 Å². The minimum atomic E-state index is -0.778. The van der Waals surface area contributed by atoms with E-state index < -0.39 is 11.6 Å². The molecule has 1 heterocycles. The Balaban J connectivity index is 1.60. The average molecular weight is 552 g/mol. The first-order chi connectivity index (χ1) is 19.5. The largest absolute Gasteiger partial charge is 0.497 e. The quantitative estimate of drug-likeness (QED) is 0.176. The third-order valence-corrected chi connectivity index (χ3v) is 8.42. The molecule has 0 N–H and O–H groups in total. The fraction of sp³-hybridized carbons (Fsp3) is 0.235. The Kier molecular flexibility index (Phi) is 8.68. The Morgan fingerprint density at radius 2 is 1.30 bits per heavy atom. The molecule has 0 amide bonds. The van der Waals surface area contributed by atoms with Gasteiger partial charge in [-0.2, -0.15) is 0 Å². The summed E-state index contributed by atoms with van der Waals surface area (Å²) in [5, 5.41) is -0.00604. The number of ether oxygens (including phenoxy) is 2. The lowest BCUT2D eigenvalue weighted by Gasteiger charge is -2.46. The SMILES string of the molecule is COc1ccc(COC(=O)[C@@H]2C[C@H](SC(C)=O)CN2C(c2ccccc2)(c2ccccc2)c2ccccc2)cc1. The topological polar surface area (TPSA) is 55.8 Å². The van der Waals surface area contributed by atoms with Crippen LogP contribution in [-0.4, -0.2) is 40.9 Å². The van der Waals surface area contributed by atoms with Gasteiger partial charge in [0.2, 0.25) is 0 Å². The van der Waals surface area contributed by atoms with Gasteiger partial charge in [0.25, 0.3) is 0 Å². The summed E-state index contributed by atoms with van der Waals surface area (Å²) in [7, 11) is 1.62. The normalized spacial score (nSPS) is 17.4. The number of likely N-dealkylation sites (tertiary alicyclic amines) is 1. The van der Waals surface area contributed by atoms with Crippen molar-refractivity contribution in [3.63, 3.8) is 0 Å². The van der Waals surface area contributed by atoms with Gasteiger partial charge in [0.15, 0.2) is 5.12 Å². The Labute approximate surface area is 240 Å². The molecule has 1 saturated heterocycles. The van der Waals surface area contributed by atoms with Crippen molar-refractivity contribution in [2.75, 3.05) is 13.7 Å². The number of hydrogen-bond donors (Lipinski definition) is 0. The maximum absolute atomic E-state index is 13.9. The number of carbonyl (C=O) groups is 2. The fourth-order valence-electron chi connectivity index (χ4n) is 5.72. The van der Waals surface area contributed by atoms with Crippen molar-refractivity contribution in [3.8, 4) is 5.75 Å². The van der Waals surface area contributed by atoms with Crippen LogP contribution in [-0.2, 0) is 26.5 Å². The van der Waals surface area contributed by atoms with Gasteiger partial charge in [-0.05, 0) is 40.8 Å². The lowest BCUT2D eigenvalue weighted by Crippen LogP contribution is -2.53. The summed E-state index contributed by atoms with van der Waals surface area (Å²) in [6, 6.07) is 37.9. The molecule has 0 aromatic heterocycles. The van der Waals surface area contributed by atoms with Crippen molar-refractivity contribution in [1.82, 2.24) is 4.90 Å². The highest BCUT2D eigenvalue weighted by Crippen LogP contribution is 2.47. The summed E-state index contributed by atoms with van der Waals surface area (Å²) in [5.41, 5.74) is 3.25. The van der Waals surface area contributed by atoms with Crippen LogP contribution in [0.1, 0.15) is 35.6 Å². The van der Waals surface area contributed by atoms with E-state index in [1.54, 1.807) is 14.0 Å². The number of nitrogens with zero attached hydrogens (tertiary/aromatic N) is 1. The Bertz CT molecular complexity index is 1310. The van der Waals surface area contributed by atoms with Crippen molar-refractivity contribution in [3.05, 3.63) is 138 Å². The van der Waals surface area contributed by atoms with E-state index in [1.807, 2.05) is 78.9 Å². The molecule has 5 nitrogen and oxygen atoms in total. The maximum Gasteiger partial charge on any atom is 0.323 e. The van der Waals surface area contributed by atoms with E-state index in [0.29, 0.717) is 13.0 Å². The zero-order valence-electron chi connectivity index (χ0n) is 22.7. The van der Waals surface area contributed by atoms with E-state index in [9.17, 15) is 9.59 Å². The van der Waals surface area contributed by atoms with Gasteiger partial charge in [0.1, 0.15) is 18.4 Å². The van der Waals surface area contributed by atoms with E-state index in [0.717, 1.165) is 28.0 Å². The van der Waals surface area contributed by atoms with Gasteiger partial charge in [0.05, 0.1) is 12.6 Å². The molecule has 5 rings (SSSR count). The molecule has 1 aliphatic heterocycles. The van der Waals surface area contributed by atoms with E-state index in [1.165, 1.54) is 11.8 Å². The maximum atomic E-state index is 13.9. The molecular weight excluding hydrogens is 518 g/mol. The summed E-state index contributed by atoms with van der Waals surface area (Å²) in [5.74, 6) is 0.453. The summed E-state index contributed by atoms with van der Waals surface area (Å²) in [4.78, 5) is 28.4. The zero-order chi connectivity index (χ0) is 28.0. The zero-order valence-corrected chi connectivity index (χ0v) is 23.6. The van der Waals surface area contributed by atoms with Gasteiger partial charge < -0.3 is 9.47 Å². The molecule has 4 aromatic rings. The van der Waals surface area contributed by atoms with Crippen LogP contribution >= 0.6 is 11.8 Å². The predicted octanol–water partition coefficient (Wildman–Crippen LogP) is 6.45. The van der Waals surface area contributed by atoms with Crippen molar-refractivity contribution in [2.45, 2.75) is 36.8 Å². The lowest BCUT2D eigenvalue weighted by molar-refractivity contribution is -0.151. The highest BCUT2D eigenvalue weighted by atomic mass is 32.2. The molecule has 2 atom stereocenters. The molecule has 0 bridgehead atoms. The third-order valence-electron chi connectivity index (χ3n) is 7.41. The minimum absolute atomic E-state index is 0.0435. The van der Waals surface area contributed by atoms with Gasteiger partial charge in [-0.25, -0.2) is 0 Å². The summed E-state index contributed by atoms with van der Waals surface area (Å²) >= 11 is 1.30. The average Bonchev–Trinajstić information content (AvgIpc) is 3.41. The minimum Gasteiger partial charge on any atom is -0.497 e. The monoisotopic (exact) mass is 551 g/mol. The first kappa shape index (κ1) is 27.7. The van der Waals surface area contributed by atoms with E-state index in [2.05, 4.69) is 41.3 Å². The molecule has 6 heteroatoms. The van der Waals surface area contributed by atoms with Crippen LogP contribution in [0, 0.1) is 0 Å². The van der Waals surface area contributed by atoms with Crippen LogP contribution in [0.15, 0.2) is 115 Å². The fourth-order valence-corrected chi connectivity index (χ4v) is 6.70. The Morgan fingerprint density at radius 1 is 0.800 bits per heavy atom. The second-order valence-electron chi connectivity index (χ2n) is 9.90. The van der Waals surface area contributed by atoms with Crippen LogP contribution in [0.2, 0.25) is 0 Å². The molecule has 0 saturated carbocycles. The molecular formula is C34H33NO4S. The van der Waals surface area contributed by atoms with Crippen LogP contribution in [0.3, 0.4) is 0 Å². The van der Waals surface area contributed by atoms with Crippen molar-refractivity contribution < 1.29 is 19.1 Å². The van der Waals surface area contributed by atoms with Crippen LogP contribution in [0.5, 0.6) is 5.75 Å². The van der Waals surface area contributed by atoms with E-state index >= 15 is 0 Å². The number of esters is 1. The first-order valence-electron chi connectivity index (χ1n) is 13.4. The van der Waals surface area contributed by atoms with Crippen LogP contribution < -0.4 is 4.74 Å². The van der Waals surface area contributed by atoms with Crippen LogP contribution in [0.4, 0.5) is 0 Å². The number of methoxy groups -OCH3 is 1. The van der Waals surface area contributed by atoms with E-state index in [4.69, 9.17) is 9.47 Å². The molecule has 0 aliphatic carbocycles. The van der Waals surface area contributed by atoms with Crippen molar-refractivity contribution >= 4 is 22.8 Å². The molecule has 1 fully saturated rings. The summed E-state index contributed by atoms with van der Waals surface area (Å²) < 4.78 is 11.2. The molecule has 0 radical (unpaired) electrons. The van der Waals surface area contributed by atoms with Gasteiger partial charge in [-0.3, -0.25) is 14.5 Å². The van der Waals surface area contributed by atoms with Gasteiger partial charge in [-0.15, -0.1) is 0 Å². The van der Waals surface area contributed by atoms with Gasteiger partial charge in [0, 0.05) is 18.7 Å². The van der Waals surface area contributed by atoms with Gasteiger partial charge in [-0.1, -0.05) is 115 Å². The third kappa shape index (κ3) is 5.69. The predicted molar refractivity (Wildman–Crippen MR) is 159 cm³/mol. The van der Waals surface area contributed by atoms with Crippen LogP contribution in [0.25, 0.3) is 0 Å². The Hall–Kier alpha value is -3.87. The molecule has 40 heavy (non-hydrogen) atoms. The molecule has 1 aliphatic rings. The molecule has 0 spiro atoms. The highest BCUT2D eigenvalue weighted by Gasteiger charge is 2.52. The second-order valence-corrected chi connectivity index (χ2v) is 11.4. The lowest BCUT2D eigenvalue weighted by atomic mass is 9.75. The highest BCUT2D eigenvalue weighted by molar-refractivity contribution is 8.14. The second kappa shape index (κ2) is 12.5. The van der Waals surface area contributed by atoms with Crippen molar-refractivity contribution in [2.24, 2.45) is 0 Å². The van der Waals surface area contributed by atoms with E-state index in [-0.39, 0.29) is 22.9 Å². The molecule has 204 valence electrons. The first-order valence-corrected chi connectivity index (χ1v) is 14.3. The number of benzene rings is 4. The molecule has 0 unspecified atom stereocenters. The Morgan fingerprint density at radius 3 is 1.75 bits per heavy atom. The number of carbonyl (C=O) groups excluding carboxylic acids is 2. The number of rotatable bonds is 9. The summed E-state index contributed by atoms with van der Waals surface area (Å²) in [6.45, 7) is 2.29. The number of thioether (sulfide) groups is 1. The van der Waals surface area contributed by atoms with Gasteiger partial charge >= 0.3 is 5.97 Å². The number of hydrogen-bond acceptors (Lipinski definition) is 6.